The van der Waals surface area contributed by atoms with Gasteiger partial charge >= 0.3 is 6.18 Å². The molecular weight excluding hydrogens is 662 g/mol. The number of rotatable bonds is 9. The normalized spacial score (nSPS) is 20.6. The Bertz CT molecular complexity index is 1910. The molecule has 0 bridgehead atoms. The average molecular weight is 700 g/mol. The number of sulfone groups is 1. The van der Waals surface area contributed by atoms with Crippen molar-refractivity contribution in [1.29, 1.82) is 0 Å². The molecule has 0 N–H and O–H groups in total. The van der Waals surface area contributed by atoms with Crippen molar-refractivity contribution in [2.24, 2.45) is 0 Å². The van der Waals surface area contributed by atoms with E-state index in [-0.39, 0.29) is 35.9 Å². The molecule has 1 saturated heterocycles. The molecule has 49 heavy (non-hydrogen) atoms. The number of piperidine rings is 1. The van der Waals surface area contributed by atoms with Crippen molar-refractivity contribution in [3.63, 3.8) is 0 Å². The maximum atomic E-state index is 16.2. The highest BCUT2D eigenvalue weighted by atomic mass is 32.2. The van der Waals surface area contributed by atoms with Crippen LogP contribution in [0.5, 0.6) is 17.2 Å². The predicted octanol–water partition coefficient (Wildman–Crippen LogP) is 7.50. The number of hydrogen-bond donors (Lipinski definition) is 0. The van der Waals surface area contributed by atoms with Crippen molar-refractivity contribution in [2.45, 2.75) is 66.9 Å². The number of nitrogens with zero attached hydrogens (tertiary/aromatic N) is 3. The summed E-state index contributed by atoms with van der Waals surface area (Å²) in [7, 11) is -1.41. The second kappa shape index (κ2) is 13.9. The van der Waals surface area contributed by atoms with E-state index in [4.69, 9.17) is 14.2 Å². The highest BCUT2D eigenvalue weighted by Gasteiger charge is 2.39. The summed E-state index contributed by atoms with van der Waals surface area (Å²) >= 11 is 0. The SMILES string of the molecule is COc1ccc(CC(c2ccncn2)S(=O)(=O)c2cc3c(cc2F)[C@@H](N2CC[C@@H](c4cccc(C(F)(F)F)c4)C[C@H]2C)CCO3)c(OC)c1. The van der Waals surface area contributed by atoms with E-state index in [2.05, 4.69) is 14.9 Å². The molecule has 2 aliphatic heterocycles. The molecule has 3 aromatic carbocycles. The number of hydrogen-bond acceptors (Lipinski definition) is 8. The van der Waals surface area contributed by atoms with Crippen LogP contribution in [0.25, 0.3) is 0 Å². The fraction of sp³-hybridized carbons (Fsp3) is 0.389. The molecule has 0 saturated carbocycles. The first-order chi connectivity index (χ1) is 23.4. The molecule has 0 spiro atoms. The molecule has 6 rings (SSSR count). The molecule has 0 amide bonds. The van der Waals surface area contributed by atoms with Crippen LogP contribution in [0.2, 0.25) is 0 Å². The van der Waals surface area contributed by atoms with Gasteiger partial charge in [-0.3, -0.25) is 4.90 Å². The molecule has 0 aliphatic carbocycles. The molecule has 1 unspecified atom stereocenters. The Kier molecular flexibility index (Phi) is 9.86. The fourth-order valence-electron chi connectivity index (χ4n) is 7.10. The monoisotopic (exact) mass is 699 g/mol. The molecule has 0 radical (unpaired) electrons. The van der Waals surface area contributed by atoms with E-state index < -0.39 is 37.5 Å². The van der Waals surface area contributed by atoms with Crippen molar-refractivity contribution in [3.8, 4) is 17.2 Å². The summed E-state index contributed by atoms with van der Waals surface area (Å²) in [6.45, 7) is 2.89. The summed E-state index contributed by atoms with van der Waals surface area (Å²) in [5, 5.41) is -1.28. The second-order valence-electron chi connectivity index (χ2n) is 12.5. The second-order valence-corrected chi connectivity index (χ2v) is 14.6. The number of methoxy groups -OCH3 is 2. The summed E-state index contributed by atoms with van der Waals surface area (Å²) < 4.78 is 102. The molecule has 4 aromatic rings. The van der Waals surface area contributed by atoms with E-state index in [0.29, 0.717) is 60.6 Å². The average Bonchev–Trinajstić information content (AvgIpc) is 3.10. The zero-order chi connectivity index (χ0) is 34.9. The van der Waals surface area contributed by atoms with Crippen LogP contribution < -0.4 is 14.2 Å². The zero-order valence-corrected chi connectivity index (χ0v) is 28.1. The zero-order valence-electron chi connectivity index (χ0n) is 27.3. The summed E-state index contributed by atoms with van der Waals surface area (Å²) in [5.41, 5.74) is 1.29. The Hall–Kier alpha value is -4.23. The van der Waals surface area contributed by atoms with Gasteiger partial charge in [0.1, 0.15) is 39.5 Å². The van der Waals surface area contributed by atoms with Crippen LogP contribution in [0.3, 0.4) is 0 Å². The number of likely N-dealkylation sites (tertiary alicyclic amines) is 1. The summed E-state index contributed by atoms with van der Waals surface area (Å²) in [6, 6.07) is 14.3. The van der Waals surface area contributed by atoms with Gasteiger partial charge in [-0.2, -0.15) is 13.2 Å². The largest absolute Gasteiger partial charge is 0.497 e. The minimum absolute atomic E-state index is 0.0302. The van der Waals surface area contributed by atoms with Crippen molar-refractivity contribution < 1.29 is 40.2 Å². The van der Waals surface area contributed by atoms with Crippen LogP contribution >= 0.6 is 0 Å². The lowest BCUT2D eigenvalue weighted by molar-refractivity contribution is -0.137. The van der Waals surface area contributed by atoms with E-state index in [1.807, 2.05) is 6.92 Å². The number of alkyl halides is 3. The lowest BCUT2D eigenvalue weighted by atomic mass is 9.83. The quantitative estimate of drug-likeness (QED) is 0.166. The fourth-order valence-corrected chi connectivity index (χ4v) is 8.86. The van der Waals surface area contributed by atoms with Gasteiger partial charge in [-0.1, -0.05) is 24.3 Å². The van der Waals surface area contributed by atoms with Gasteiger partial charge in [-0.05, 0) is 74.0 Å². The molecule has 1 aromatic heterocycles. The molecule has 4 atom stereocenters. The Morgan fingerprint density at radius 2 is 1.86 bits per heavy atom. The van der Waals surface area contributed by atoms with Crippen molar-refractivity contribution in [3.05, 3.63) is 107 Å². The lowest BCUT2D eigenvalue weighted by Gasteiger charge is -2.44. The third-order valence-electron chi connectivity index (χ3n) is 9.60. The van der Waals surface area contributed by atoms with Gasteiger partial charge in [-0.25, -0.2) is 22.8 Å². The van der Waals surface area contributed by atoms with E-state index in [1.165, 1.54) is 57.1 Å². The predicted molar refractivity (Wildman–Crippen MR) is 174 cm³/mol. The molecule has 1 fully saturated rings. The van der Waals surface area contributed by atoms with E-state index in [9.17, 15) is 21.6 Å². The first-order valence-corrected chi connectivity index (χ1v) is 17.5. The van der Waals surface area contributed by atoms with Gasteiger partial charge in [-0.15, -0.1) is 0 Å². The van der Waals surface area contributed by atoms with E-state index in [1.54, 1.807) is 24.3 Å². The Balaban J connectivity index is 1.29. The minimum atomic E-state index is -4.41. The maximum absolute atomic E-state index is 16.2. The number of benzene rings is 3. The van der Waals surface area contributed by atoms with E-state index in [0.717, 1.165) is 6.07 Å². The van der Waals surface area contributed by atoms with Crippen LogP contribution in [0, 0.1) is 5.82 Å². The van der Waals surface area contributed by atoms with E-state index >= 15 is 4.39 Å². The topological polar surface area (TPSA) is 90.9 Å². The number of fused-ring (bicyclic) bond motifs is 1. The van der Waals surface area contributed by atoms with Gasteiger partial charge in [0.2, 0.25) is 0 Å². The minimum Gasteiger partial charge on any atom is -0.497 e. The van der Waals surface area contributed by atoms with Gasteiger partial charge in [0.25, 0.3) is 0 Å². The summed E-state index contributed by atoms with van der Waals surface area (Å²) in [4.78, 5) is 9.87. The first kappa shape index (κ1) is 34.6. The molecular formula is C36H37F4N3O5S. The van der Waals surface area contributed by atoms with Gasteiger partial charge in [0.15, 0.2) is 9.84 Å². The Labute approximate surface area is 283 Å². The summed E-state index contributed by atoms with van der Waals surface area (Å²) in [6.07, 6.45) is 0.00756. The number of aromatic nitrogens is 2. The third kappa shape index (κ3) is 7.09. The van der Waals surface area contributed by atoms with Crippen molar-refractivity contribution in [2.75, 3.05) is 27.4 Å². The van der Waals surface area contributed by atoms with Crippen LogP contribution in [0.15, 0.2) is 78.1 Å². The molecule has 2 aliphatic rings. The lowest BCUT2D eigenvalue weighted by Crippen LogP contribution is -2.44. The van der Waals surface area contributed by atoms with Crippen molar-refractivity contribution in [1.82, 2.24) is 14.9 Å². The van der Waals surface area contributed by atoms with Crippen LogP contribution in [-0.2, 0) is 22.4 Å². The maximum Gasteiger partial charge on any atom is 0.416 e. The highest BCUT2D eigenvalue weighted by Crippen LogP contribution is 2.45. The first-order valence-electron chi connectivity index (χ1n) is 16.0. The number of ether oxygens (including phenoxy) is 3. The molecule has 8 nitrogen and oxygen atoms in total. The van der Waals surface area contributed by atoms with Gasteiger partial charge in [0, 0.05) is 42.4 Å². The molecule has 13 heteroatoms. The standard InChI is InChI=1S/C36H37F4N3O5S/c1-22-15-24(23-5-4-6-26(16-23)36(38,39)40)10-13-43(22)31-11-14-48-33-20-34(29(37)19-28(31)33)49(44,45)35(30-9-12-41-21-42-30)17-25-7-8-27(46-2)18-32(25)47-3/h4-9,12,16,18-22,24,31,35H,10-11,13-15,17H2,1-3H3/t22-,24-,31+,35?/m1/s1. The van der Waals surface area contributed by atoms with Crippen LogP contribution in [0.1, 0.15) is 71.3 Å². The highest BCUT2D eigenvalue weighted by molar-refractivity contribution is 7.91. The van der Waals surface area contributed by atoms with Gasteiger partial charge < -0.3 is 14.2 Å². The van der Waals surface area contributed by atoms with Crippen LogP contribution in [0.4, 0.5) is 17.6 Å². The molecule has 260 valence electrons. The van der Waals surface area contributed by atoms with Crippen LogP contribution in [-0.4, -0.2) is 56.7 Å². The molecule has 3 heterocycles. The number of halogens is 4. The van der Waals surface area contributed by atoms with Crippen molar-refractivity contribution >= 4 is 9.84 Å². The third-order valence-corrected chi connectivity index (χ3v) is 11.7. The Morgan fingerprint density at radius 3 is 2.55 bits per heavy atom. The Morgan fingerprint density at radius 1 is 1.04 bits per heavy atom. The summed E-state index contributed by atoms with van der Waals surface area (Å²) in [5.74, 6) is 0.272. The van der Waals surface area contributed by atoms with Gasteiger partial charge in [0.05, 0.1) is 32.1 Å². The smallest absolute Gasteiger partial charge is 0.416 e.